The lowest BCUT2D eigenvalue weighted by Gasteiger charge is -2.63. The number of para-hydroxylation sites is 1. The van der Waals surface area contributed by atoms with Gasteiger partial charge in [-0.1, -0.05) is 44.2 Å². The van der Waals surface area contributed by atoms with Crippen LogP contribution in [0.5, 0.6) is 5.75 Å². The van der Waals surface area contributed by atoms with E-state index in [1.54, 1.807) is 31.2 Å². The smallest absolute Gasteiger partial charge is 0.394 e. The predicted molar refractivity (Wildman–Crippen MR) is 237 cm³/mol. The maximum atomic E-state index is 15.6. The van der Waals surface area contributed by atoms with E-state index in [9.17, 15) is 34.2 Å². The number of aromatic nitrogens is 1. The van der Waals surface area contributed by atoms with E-state index in [1.165, 1.54) is 29.9 Å². The summed E-state index contributed by atoms with van der Waals surface area (Å²) in [5.41, 5.74) is -5.81. The standard InChI is InChI=1S/C46H54N4O12.H2O4S/c1-7-34(54)36(55)27-22-45(41(56)60-5,37-29(14-18-48(23-27)24-51)28-12-9-10-13-32(28)47-37)31-20-30-33(21-35(31)59-4)50(25-52)39-44(30)16-19-49-17-11-15-43(8-2,38(44)49)40(62-26(3)53)46(39,58)42(57)61-6;1-5(2,3)4/h9-13,15,20-21,24-25,27,36,38-40,47,55,58H,7-8,14,16-19,22-23H2,1-6H3;(H2,1,2,3,4)/t27-,36+,38-,39?,40+,43+,44+,45-,46-;/m0./s1/i5D3;. The van der Waals surface area contributed by atoms with Crippen LogP contribution in [-0.4, -0.2) is 156 Å². The molecule has 362 valence electrons. The van der Waals surface area contributed by atoms with Crippen LogP contribution in [0.2, 0.25) is 0 Å². The minimum absolute atomic E-state index is 0.0259. The number of carbonyl (C=O) groups excluding carboxylic acids is 6. The summed E-state index contributed by atoms with van der Waals surface area (Å²) in [6.07, 6.45) is 1.51. The summed E-state index contributed by atoms with van der Waals surface area (Å²) in [7, 11) is -5.58. The number of rotatable bonds is 11. The van der Waals surface area contributed by atoms with Crippen LogP contribution >= 0.6 is 0 Å². The van der Waals surface area contributed by atoms with Crippen LogP contribution in [0.15, 0.2) is 48.6 Å². The number of esters is 3. The van der Waals surface area contributed by atoms with Crippen LogP contribution in [0.25, 0.3) is 10.9 Å². The number of aliphatic hydroxyl groups is 2. The normalized spacial score (nSPS) is 31.0. The number of methoxy groups -OCH3 is 3. The highest BCUT2D eigenvalue weighted by Crippen LogP contribution is 2.68. The third-order valence-electron chi connectivity index (χ3n) is 14.7. The van der Waals surface area contributed by atoms with Crippen LogP contribution in [0.4, 0.5) is 5.69 Å². The topological polar surface area (TPSA) is 280 Å². The Kier molecular flexibility index (Phi) is 12.2. The van der Waals surface area contributed by atoms with Crippen LogP contribution in [0, 0.1) is 11.3 Å². The largest absolute Gasteiger partial charge is 0.496 e. The molecular formula is C46H56N4O16S. The molecule has 5 aliphatic rings. The van der Waals surface area contributed by atoms with Gasteiger partial charge in [0.15, 0.2) is 11.9 Å². The molecule has 1 unspecified atom stereocenters. The lowest BCUT2D eigenvalue weighted by atomic mass is 9.47. The number of benzene rings is 2. The lowest BCUT2D eigenvalue weighted by Crippen LogP contribution is -2.81. The fraction of sp³-hybridized carbons (Fsp3) is 0.522. The average Bonchev–Trinajstić information content (AvgIpc) is 3.98. The number of ketones is 1. The molecule has 1 saturated carbocycles. The Morgan fingerprint density at radius 1 is 1.01 bits per heavy atom. The Bertz CT molecular complexity index is 2740. The zero-order valence-electron chi connectivity index (χ0n) is 40.5. The van der Waals surface area contributed by atoms with Crippen molar-refractivity contribution in [3.63, 3.8) is 0 Å². The molecule has 1 spiro atoms. The second kappa shape index (κ2) is 18.1. The van der Waals surface area contributed by atoms with Gasteiger partial charge >= 0.3 is 28.3 Å². The number of aliphatic hydroxyl groups excluding tert-OH is 1. The van der Waals surface area contributed by atoms with Crippen LogP contribution in [0.1, 0.15) is 73.0 Å². The second-order valence-corrected chi connectivity index (χ2v) is 18.6. The van der Waals surface area contributed by atoms with Gasteiger partial charge in [-0.2, -0.15) is 8.42 Å². The summed E-state index contributed by atoms with van der Waals surface area (Å²) >= 11 is 0. The Morgan fingerprint density at radius 2 is 1.73 bits per heavy atom. The first-order chi connectivity index (χ1) is 32.9. The van der Waals surface area contributed by atoms with Gasteiger partial charge in [-0.15, -0.1) is 0 Å². The lowest BCUT2D eigenvalue weighted by molar-refractivity contribution is -0.228. The molecule has 1 saturated heterocycles. The van der Waals surface area contributed by atoms with E-state index in [1.807, 2.05) is 25.1 Å². The van der Waals surface area contributed by atoms with Crippen molar-refractivity contribution in [2.24, 2.45) is 11.3 Å². The first kappa shape index (κ1) is 45.1. The van der Waals surface area contributed by atoms with E-state index in [2.05, 4.69) is 9.88 Å². The third kappa shape index (κ3) is 7.50. The van der Waals surface area contributed by atoms with Crippen molar-refractivity contribution in [2.75, 3.05) is 52.3 Å². The van der Waals surface area contributed by atoms with Crippen molar-refractivity contribution >= 4 is 63.5 Å². The molecular weight excluding hydrogens is 897 g/mol. The fourth-order valence-corrected chi connectivity index (χ4v) is 12.4. The molecule has 4 aliphatic heterocycles. The molecule has 20 nitrogen and oxygen atoms in total. The molecule has 1 aromatic heterocycles. The molecule has 0 bridgehead atoms. The van der Waals surface area contributed by atoms with Gasteiger partial charge in [-0.05, 0) is 55.5 Å². The number of hydrogen-bond acceptors (Lipinski definition) is 15. The number of ether oxygens (including phenoxy) is 4. The predicted octanol–water partition coefficient (Wildman–Crippen LogP) is 1.82. The molecule has 5 heterocycles. The molecule has 9 atom stereocenters. The number of hydrogen-bond donors (Lipinski definition) is 5. The minimum atomic E-state index is -4.67. The van der Waals surface area contributed by atoms with Gasteiger partial charge in [0.25, 0.3) is 0 Å². The quantitative estimate of drug-likeness (QED) is 0.0603. The van der Waals surface area contributed by atoms with Gasteiger partial charge in [-0.25, -0.2) is 4.79 Å². The number of amides is 2. The SMILES string of the molecule is O=S(=O)(O)O.[2H]C([2H])([2H])OC(=O)[C@]1(c2cc3c(cc2OC)N(C=O)C2[C@]34CCN3CC=C[C@@](CC)([C@@H](OC(C)=O)[C@]2(O)C(=O)OC)[C@H]34)C[C@H]([C@@H](O)C(=O)CC)CN(C=O)CCc2c1[nH]c1ccccc21. The number of nitrogens with zero attached hydrogens (tertiary/aromatic N) is 3. The molecule has 1 aliphatic carbocycles. The Labute approximate surface area is 390 Å². The van der Waals surface area contributed by atoms with Crippen LogP contribution < -0.4 is 9.64 Å². The highest BCUT2D eigenvalue weighted by Gasteiger charge is 2.81. The fourth-order valence-electron chi connectivity index (χ4n) is 12.4. The maximum Gasteiger partial charge on any atom is 0.394 e. The molecule has 2 fully saturated rings. The van der Waals surface area contributed by atoms with Crippen molar-refractivity contribution in [3.05, 3.63) is 70.9 Å². The van der Waals surface area contributed by atoms with Crippen molar-refractivity contribution in [1.82, 2.24) is 14.8 Å². The van der Waals surface area contributed by atoms with Gasteiger partial charge < -0.3 is 43.9 Å². The van der Waals surface area contributed by atoms with Crippen molar-refractivity contribution in [1.29, 1.82) is 0 Å². The molecule has 2 amide bonds. The van der Waals surface area contributed by atoms with Crippen LogP contribution in [0.3, 0.4) is 0 Å². The molecule has 21 heteroatoms. The van der Waals surface area contributed by atoms with E-state index in [-0.39, 0.29) is 61.5 Å². The summed E-state index contributed by atoms with van der Waals surface area (Å²) < 4.78 is 79.3. The minimum Gasteiger partial charge on any atom is -0.496 e. The van der Waals surface area contributed by atoms with E-state index in [4.69, 9.17) is 40.6 Å². The summed E-state index contributed by atoms with van der Waals surface area (Å²) in [5.74, 6) is -5.07. The molecule has 8 rings (SSSR count). The summed E-state index contributed by atoms with van der Waals surface area (Å²) in [5, 5.41) is 25.8. The average molecular weight is 956 g/mol. The number of H-pyrrole nitrogens is 1. The number of fused-ring (bicyclic) bond motifs is 4. The zero-order chi connectivity index (χ0) is 51.5. The van der Waals surface area contributed by atoms with Crippen LogP contribution in [-0.2, 0) is 70.6 Å². The number of anilines is 1. The summed E-state index contributed by atoms with van der Waals surface area (Å²) in [6, 6.07) is 8.12. The maximum absolute atomic E-state index is 15.6. The van der Waals surface area contributed by atoms with Gasteiger partial charge in [0.2, 0.25) is 18.4 Å². The zero-order valence-corrected chi connectivity index (χ0v) is 38.3. The van der Waals surface area contributed by atoms with E-state index >= 15 is 4.79 Å². The summed E-state index contributed by atoms with van der Waals surface area (Å²) in [6.45, 7) is 5.27. The molecule has 67 heavy (non-hydrogen) atoms. The van der Waals surface area contributed by atoms with Crippen molar-refractivity contribution < 1.29 is 79.6 Å². The van der Waals surface area contributed by atoms with Gasteiger partial charge in [0.1, 0.15) is 17.3 Å². The van der Waals surface area contributed by atoms with Crippen molar-refractivity contribution in [3.8, 4) is 5.75 Å². The number of nitrogens with one attached hydrogen (secondary N) is 1. The molecule has 0 radical (unpaired) electrons. The molecule has 3 aromatic rings. The second-order valence-electron chi connectivity index (χ2n) is 17.7. The molecule has 2 aromatic carbocycles. The number of Topliss-reactive ketones (excluding diaryl/α,β-unsaturated/α-hetero) is 1. The van der Waals surface area contributed by atoms with Gasteiger partial charge in [0.05, 0.1) is 37.1 Å². The monoisotopic (exact) mass is 955 g/mol. The summed E-state index contributed by atoms with van der Waals surface area (Å²) in [4.78, 5) is 91.2. The number of carbonyl (C=O) groups is 6. The Balaban J connectivity index is 0.00000137. The van der Waals surface area contributed by atoms with E-state index in [0.717, 1.165) is 7.11 Å². The van der Waals surface area contributed by atoms with E-state index < -0.39 is 99.6 Å². The number of aromatic amines is 1. The third-order valence-corrected chi connectivity index (χ3v) is 14.7. The van der Waals surface area contributed by atoms with Crippen molar-refractivity contribution in [2.45, 2.75) is 93.6 Å². The van der Waals surface area contributed by atoms with Gasteiger partial charge in [0, 0.05) is 84.0 Å². The Morgan fingerprint density at radius 3 is 2.34 bits per heavy atom. The van der Waals surface area contributed by atoms with E-state index in [0.29, 0.717) is 47.9 Å². The first-order valence-electron chi connectivity index (χ1n) is 23.2. The highest BCUT2D eigenvalue weighted by molar-refractivity contribution is 7.79. The molecule has 5 N–H and O–H groups in total. The Hall–Kier alpha value is -5.71. The highest BCUT2D eigenvalue weighted by atomic mass is 32.3. The first-order valence-corrected chi connectivity index (χ1v) is 23.1. The van der Waals surface area contributed by atoms with Gasteiger partial charge in [-0.3, -0.25) is 38.0 Å².